The van der Waals surface area contributed by atoms with E-state index in [0.717, 1.165) is 0 Å². The molecule has 0 aromatic rings. The van der Waals surface area contributed by atoms with E-state index in [4.69, 9.17) is 19.3 Å². The molecule has 12 heteroatoms. The van der Waals surface area contributed by atoms with Crippen LogP contribution in [0.15, 0.2) is 0 Å². The van der Waals surface area contributed by atoms with E-state index in [9.17, 15) is 30.0 Å². The van der Waals surface area contributed by atoms with Crippen LogP contribution in [-0.2, 0) is 23.8 Å². The highest BCUT2D eigenvalue weighted by molar-refractivity contribution is 5.72. The summed E-state index contributed by atoms with van der Waals surface area (Å²) in [6.07, 6.45) is -1.51. The Labute approximate surface area is 276 Å². The molecule has 12 atom stereocenters. The van der Waals surface area contributed by atoms with Crippen molar-refractivity contribution in [3.8, 4) is 0 Å². The third-order valence-electron chi connectivity index (χ3n) is 9.90. The molecule has 0 unspecified atom stereocenters. The Morgan fingerprint density at radius 2 is 1.70 bits per heavy atom. The van der Waals surface area contributed by atoms with Crippen LogP contribution < -0.4 is 0 Å². The molecule has 5 N–H and O–H groups in total. The second-order valence-corrected chi connectivity index (χ2v) is 14.9. The van der Waals surface area contributed by atoms with E-state index >= 15 is 0 Å². The Morgan fingerprint density at radius 1 is 1.04 bits per heavy atom. The molecule has 2 aliphatic heterocycles. The Kier molecular flexibility index (Phi) is 15.8. The zero-order valence-electron chi connectivity index (χ0n) is 29.7. The summed E-state index contributed by atoms with van der Waals surface area (Å²) in [5.74, 6) is -2.39. The Balaban J connectivity index is 2.43. The number of nitrogens with zero attached hydrogens (tertiary/aromatic N) is 2. The molecule has 0 bridgehead atoms. The smallest absolute Gasteiger partial charge is 0.309 e. The number of carbonyl (C=O) groups excluding carboxylic acids is 1. The van der Waals surface area contributed by atoms with E-state index in [1.807, 2.05) is 44.7 Å². The highest BCUT2D eigenvalue weighted by Crippen LogP contribution is 2.36. The molecule has 0 spiro atoms. The van der Waals surface area contributed by atoms with Gasteiger partial charge in [-0.05, 0) is 91.8 Å². The topological polar surface area (TPSA) is 169 Å². The number of carbonyl (C=O) groups is 2. The molecular weight excluding hydrogens is 596 g/mol. The summed E-state index contributed by atoms with van der Waals surface area (Å²) in [6.45, 7) is 13.7. The lowest BCUT2D eigenvalue weighted by Crippen LogP contribution is -2.58. The van der Waals surface area contributed by atoms with Crippen LogP contribution in [-0.4, -0.2) is 135 Å². The van der Waals surface area contributed by atoms with Crippen molar-refractivity contribution < 1.29 is 49.3 Å². The van der Waals surface area contributed by atoms with Gasteiger partial charge in [-0.1, -0.05) is 34.1 Å². The van der Waals surface area contributed by atoms with Gasteiger partial charge in [0.05, 0.1) is 29.8 Å². The van der Waals surface area contributed by atoms with Crippen molar-refractivity contribution in [2.45, 2.75) is 154 Å². The molecule has 2 fully saturated rings. The summed E-state index contributed by atoms with van der Waals surface area (Å²) in [6, 6.07) is -0.196. The SMILES string of the molecule is CC[C@H]1OC(=O)[C@H](C)C[C@H](C)[C@@H](O[C@@H]2O[C@H](C)C[C@H](N(C)C)[C@H]2O)[C@](C)(O)C[C@@H](C)CN(CCCCCC(=O)O)C[C@@H](O)[C@]1(C)O. The quantitative estimate of drug-likeness (QED) is 0.172. The fourth-order valence-corrected chi connectivity index (χ4v) is 7.36. The first kappa shape index (κ1) is 40.8. The van der Waals surface area contributed by atoms with Gasteiger partial charge in [-0.15, -0.1) is 0 Å². The van der Waals surface area contributed by atoms with Crippen molar-refractivity contribution in [1.82, 2.24) is 9.80 Å². The number of ether oxygens (including phenoxy) is 3. The van der Waals surface area contributed by atoms with Crippen molar-refractivity contribution in [2.75, 3.05) is 33.7 Å². The largest absolute Gasteiger partial charge is 0.481 e. The number of aliphatic hydroxyl groups is 4. The van der Waals surface area contributed by atoms with E-state index in [2.05, 4.69) is 0 Å². The molecule has 12 nitrogen and oxygen atoms in total. The summed E-state index contributed by atoms with van der Waals surface area (Å²) in [5, 5.41) is 55.1. The van der Waals surface area contributed by atoms with E-state index in [1.165, 1.54) is 6.92 Å². The van der Waals surface area contributed by atoms with Gasteiger partial charge in [0.25, 0.3) is 0 Å². The lowest BCUT2D eigenvalue weighted by atomic mass is 9.79. The van der Waals surface area contributed by atoms with Crippen LogP contribution in [0.25, 0.3) is 0 Å². The monoisotopic (exact) mass is 660 g/mol. The molecule has 0 radical (unpaired) electrons. The standard InChI is InChI=1S/C34H64N2O10/c1-10-27-34(7,43)26(37)20-36(15-13-11-12-14-28(38)39)19-21(2)18-33(6,42)30(22(3)16-23(4)31(41)45-27)46-32-29(40)25(35(8)9)17-24(5)44-32/h21-27,29-30,32,37,40,42-43H,10-20H2,1-9H3,(H,38,39)/t21-,22+,23-,24-,25+,26-,27-,29-,30-,32+,33-,34+/m1/s1. The molecule has 2 aliphatic rings. The third kappa shape index (κ3) is 11.6. The van der Waals surface area contributed by atoms with Crippen molar-refractivity contribution in [3.05, 3.63) is 0 Å². The number of cyclic esters (lactones) is 1. The van der Waals surface area contributed by atoms with Crippen LogP contribution in [0.1, 0.15) is 99.8 Å². The third-order valence-corrected chi connectivity index (χ3v) is 9.90. The Morgan fingerprint density at radius 3 is 2.28 bits per heavy atom. The van der Waals surface area contributed by atoms with Crippen LogP contribution in [0, 0.1) is 17.8 Å². The first-order chi connectivity index (χ1) is 21.3. The van der Waals surface area contributed by atoms with Gasteiger partial charge in [0.2, 0.25) is 0 Å². The van der Waals surface area contributed by atoms with Gasteiger partial charge in [0.15, 0.2) is 6.29 Å². The van der Waals surface area contributed by atoms with E-state index in [-0.39, 0.29) is 36.9 Å². The highest BCUT2D eigenvalue weighted by atomic mass is 16.7. The van der Waals surface area contributed by atoms with Gasteiger partial charge in [0, 0.05) is 25.6 Å². The average molecular weight is 661 g/mol. The second kappa shape index (κ2) is 17.9. The lowest BCUT2D eigenvalue weighted by Gasteiger charge is -2.46. The van der Waals surface area contributed by atoms with Gasteiger partial charge in [-0.3, -0.25) is 9.59 Å². The summed E-state index contributed by atoms with van der Waals surface area (Å²) in [7, 11) is 3.80. The minimum Gasteiger partial charge on any atom is -0.481 e. The van der Waals surface area contributed by atoms with Crippen molar-refractivity contribution in [1.29, 1.82) is 0 Å². The Hall–Kier alpha value is -1.38. The van der Waals surface area contributed by atoms with Crippen LogP contribution >= 0.6 is 0 Å². The number of likely N-dealkylation sites (N-methyl/N-ethyl adjacent to an activating group) is 1. The number of unbranched alkanes of at least 4 members (excludes halogenated alkanes) is 2. The molecule has 0 aliphatic carbocycles. The molecule has 0 amide bonds. The maximum Gasteiger partial charge on any atom is 0.309 e. The second-order valence-electron chi connectivity index (χ2n) is 14.9. The van der Waals surface area contributed by atoms with Crippen molar-refractivity contribution >= 4 is 11.9 Å². The van der Waals surface area contributed by atoms with Gasteiger partial charge in [0.1, 0.15) is 17.8 Å². The molecule has 270 valence electrons. The normalized spacial score (nSPS) is 41.0. The predicted octanol–water partition coefficient (Wildman–Crippen LogP) is 2.63. The average Bonchev–Trinajstić information content (AvgIpc) is 2.93. The maximum absolute atomic E-state index is 13.4. The molecule has 0 aromatic carbocycles. The minimum absolute atomic E-state index is 0.0856. The van der Waals surface area contributed by atoms with Gasteiger partial charge in [-0.25, -0.2) is 0 Å². The molecular formula is C34H64N2O10. The van der Waals surface area contributed by atoms with Crippen LogP contribution in [0.4, 0.5) is 0 Å². The number of esters is 1. The molecule has 2 heterocycles. The zero-order chi connectivity index (χ0) is 35.0. The fraction of sp³-hybridized carbons (Fsp3) is 0.941. The number of carboxylic acids is 1. The number of hydrogen-bond donors (Lipinski definition) is 5. The first-order valence-electron chi connectivity index (χ1n) is 17.2. The number of rotatable bonds is 10. The maximum atomic E-state index is 13.4. The Bertz CT molecular complexity index is 947. The number of hydrogen-bond acceptors (Lipinski definition) is 11. The summed E-state index contributed by atoms with van der Waals surface area (Å²) in [5.41, 5.74) is -3.10. The van der Waals surface area contributed by atoms with Gasteiger partial charge >= 0.3 is 11.9 Å². The highest BCUT2D eigenvalue weighted by Gasteiger charge is 2.47. The van der Waals surface area contributed by atoms with Gasteiger partial charge in [-0.2, -0.15) is 0 Å². The number of aliphatic carboxylic acids is 1. The number of carboxylic acid groups (broad SMARTS) is 1. The summed E-state index contributed by atoms with van der Waals surface area (Å²) >= 11 is 0. The van der Waals surface area contributed by atoms with Crippen LogP contribution in [0.3, 0.4) is 0 Å². The molecule has 0 aromatic heterocycles. The molecule has 2 saturated heterocycles. The molecule has 46 heavy (non-hydrogen) atoms. The molecule has 0 saturated carbocycles. The van der Waals surface area contributed by atoms with Gasteiger partial charge < -0.3 is 49.5 Å². The van der Waals surface area contributed by atoms with E-state index in [1.54, 1.807) is 20.8 Å². The van der Waals surface area contributed by atoms with Crippen LogP contribution in [0.2, 0.25) is 0 Å². The predicted molar refractivity (Wildman–Crippen MR) is 174 cm³/mol. The zero-order valence-corrected chi connectivity index (χ0v) is 29.7. The van der Waals surface area contributed by atoms with E-state index < -0.39 is 59.8 Å². The lowest BCUT2D eigenvalue weighted by molar-refractivity contribution is -0.295. The van der Waals surface area contributed by atoms with Crippen LogP contribution in [0.5, 0.6) is 0 Å². The first-order valence-corrected chi connectivity index (χ1v) is 17.2. The number of aliphatic hydroxyl groups excluding tert-OH is 2. The summed E-state index contributed by atoms with van der Waals surface area (Å²) < 4.78 is 18.4. The van der Waals surface area contributed by atoms with E-state index in [0.29, 0.717) is 58.0 Å². The fourth-order valence-electron chi connectivity index (χ4n) is 7.36. The summed E-state index contributed by atoms with van der Waals surface area (Å²) in [4.78, 5) is 28.3. The minimum atomic E-state index is -1.72. The van der Waals surface area contributed by atoms with Crippen molar-refractivity contribution in [2.24, 2.45) is 17.8 Å². The van der Waals surface area contributed by atoms with Crippen molar-refractivity contribution in [3.63, 3.8) is 0 Å². The molecule has 2 rings (SSSR count). The number of β-amino-alcohol motifs (C(OH)–C–C–N with tert-alkyl or cyclic N) is 1.